The van der Waals surface area contributed by atoms with Gasteiger partial charge in [-0.2, -0.15) is 0 Å². The molecule has 0 aliphatic carbocycles. The summed E-state index contributed by atoms with van der Waals surface area (Å²) in [7, 11) is 1.92. The van der Waals surface area contributed by atoms with Gasteiger partial charge in [0, 0.05) is 39.1 Å². The Balaban J connectivity index is 0.00000264. The fraction of sp³-hybridized carbons (Fsp3) is 0.588. The van der Waals surface area contributed by atoms with Gasteiger partial charge >= 0.3 is 0 Å². The molecule has 1 N–H and O–H groups in total. The molecule has 0 radical (unpaired) electrons. The molecule has 1 aliphatic rings. The summed E-state index contributed by atoms with van der Waals surface area (Å²) in [5, 5.41) is 3.08. The van der Waals surface area contributed by atoms with E-state index in [1.165, 1.54) is 0 Å². The zero-order valence-electron chi connectivity index (χ0n) is 14.3. The average Bonchev–Trinajstić information content (AvgIpc) is 2.56. The van der Waals surface area contributed by atoms with Gasteiger partial charge in [0.25, 0.3) is 0 Å². The summed E-state index contributed by atoms with van der Waals surface area (Å²) >= 11 is 0. The van der Waals surface area contributed by atoms with Crippen molar-refractivity contribution < 1.29 is 9.53 Å². The van der Waals surface area contributed by atoms with E-state index in [1.807, 2.05) is 42.3 Å². The molecule has 1 aromatic rings. The van der Waals surface area contributed by atoms with Crippen molar-refractivity contribution in [3.63, 3.8) is 0 Å². The normalized spacial score (nSPS) is 14.5. The van der Waals surface area contributed by atoms with Crippen LogP contribution in [0.2, 0.25) is 0 Å². The monoisotopic (exact) mass is 377 g/mol. The number of carbonyl (C=O) groups excluding carboxylic acids is 1. The number of hydrogen-bond donors (Lipinski definition) is 1. The second-order valence-corrected chi connectivity index (χ2v) is 5.59. The lowest BCUT2D eigenvalue weighted by atomic mass is 10.2. The Hall–Kier alpha value is -1.01. The van der Waals surface area contributed by atoms with E-state index in [9.17, 15) is 4.79 Å². The van der Waals surface area contributed by atoms with E-state index in [0.29, 0.717) is 13.0 Å². The molecule has 1 aliphatic heterocycles. The molecule has 1 heterocycles. The maximum Gasteiger partial charge on any atom is 0.222 e. The van der Waals surface area contributed by atoms with Crippen LogP contribution < -0.4 is 10.1 Å². The highest BCUT2D eigenvalue weighted by Crippen LogP contribution is 2.09. The first-order chi connectivity index (χ1) is 10.8. The predicted molar refractivity (Wildman–Crippen MR) is 103 cm³/mol. The number of para-hydroxylation sites is 1. The zero-order chi connectivity index (χ0) is 15.6. The van der Waals surface area contributed by atoms with Gasteiger partial charge in [0.2, 0.25) is 5.91 Å². The van der Waals surface area contributed by atoms with Crippen molar-refractivity contribution in [2.45, 2.75) is 12.8 Å². The molecule has 1 aromatic carbocycles. The lowest BCUT2D eigenvalue weighted by Crippen LogP contribution is -2.49. The molecular formula is C17H29Cl2N3O2. The second kappa shape index (κ2) is 13.3. The minimum atomic E-state index is 0. The molecule has 5 nitrogen and oxygen atoms in total. The first kappa shape index (κ1) is 23.0. The van der Waals surface area contributed by atoms with Crippen LogP contribution >= 0.6 is 24.8 Å². The largest absolute Gasteiger partial charge is 0.492 e. The van der Waals surface area contributed by atoms with Crippen LogP contribution in [-0.2, 0) is 4.79 Å². The Morgan fingerprint density at radius 3 is 2.42 bits per heavy atom. The lowest BCUT2D eigenvalue weighted by Gasteiger charge is -2.34. The summed E-state index contributed by atoms with van der Waals surface area (Å²) in [5.41, 5.74) is 0. The average molecular weight is 378 g/mol. The number of rotatable bonds is 8. The third-order valence-corrected chi connectivity index (χ3v) is 3.96. The van der Waals surface area contributed by atoms with Gasteiger partial charge in [-0.15, -0.1) is 24.8 Å². The summed E-state index contributed by atoms with van der Waals surface area (Å²) < 4.78 is 5.72. The highest BCUT2D eigenvalue weighted by molar-refractivity contribution is 5.85. The van der Waals surface area contributed by atoms with Crippen molar-refractivity contribution >= 4 is 30.7 Å². The third kappa shape index (κ3) is 8.20. The Labute approximate surface area is 157 Å². The smallest absolute Gasteiger partial charge is 0.222 e. The Bertz CT molecular complexity index is 441. The van der Waals surface area contributed by atoms with Crippen LogP contribution in [0, 0.1) is 0 Å². The van der Waals surface area contributed by atoms with E-state index in [-0.39, 0.29) is 30.7 Å². The lowest BCUT2D eigenvalue weighted by molar-refractivity contribution is -0.133. The number of nitrogens with one attached hydrogen (secondary N) is 1. The van der Waals surface area contributed by atoms with Crippen LogP contribution in [-0.4, -0.2) is 68.6 Å². The van der Waals surface area contributed by atoms with Gasteiger partial charge in [-0.1, -0.05) is 18.2 Å². The molecule has 1 fully saturated rings. The third-order valence-electron chi connectivity index (χ3n) is 3.96. The molecule has 1 amide bonds. The summed E-state index contributed by atoms with van der Waals surface area (Å²) in [6.07, 6.45) is 1.57. The fourth-order valence-corrected chi connectivity index (χ4v) is 2.60. The Morgan fingerprint density at radius 1 is 1.12 bits per heavy atom. The van der Waals surface area contributed by atoms with Gasteiger partial charge < -0.3 is 15.0 Å². The maximum atomic E-state index is 12.0. The number of benzene rings is 1. The van der Waals surface area contributed by atoms with E-state index >= 15 is 0 Å². The molecule has 0 aromatic heterocycles. The van der Waals surface area contributed by atoms with Gasteiger partial charge in [-0.3, -0.25) is 9.69 Å². The van der Waals surface area contributed by atoms with Gasteiger partial charge in [-0.05, 0) is 32.1 Å². The van der Waals surface area contributed by atoms with E-state index in [4.69, 9.17) is 4.74 Å². The van der Waals surface area contributed by atoms with E-state index < -0.39 is 0 Å². The number of hydrogen-bond acceptors (Lipinski definition) is 4. The number of halogens is 2. The fourth-order valence-electron chi connectivity index (χ4n) is 2.60. The molecule has 0 unspecified atom stereocenters. The molecule has 138 valence electrons. The summed E-state index contributed by atoms with van der Waals surface area (Å²) in [6.45, 7) is 6.07. The van der Waals surface area contributed by atoms with Crippen molar-refractivity contribution in [2.24, 2.45) is 0 Å². The molecule has 24 heavy (non-hydrogen) atoms. The second-order valence-electron chi connectivity index (χ2n) is 5.59. The Morgan fingerprint density at radius 2 is 1.79 bits per heavy atom. The van der Waals surface area contributed by atoms with E-state index in [0.717, 1.165) is 51.4 Å². The summed E-state index contributed by atoms with van der Waals surface area (Å²) in [6, 6.07) is 9.89. The number of carbonyl (C=O) groups is 1. The van der Waals surface area contributed by atoms with Crippen LogP contribution in [0.4, 0.5) is 0 Å². The highest BCUT2D eigenvalue weighted by Gasteiger charge is 2.20. The highest BCUT2D eigenvalue weighted by atomic mass is 35.5. The predicted octanol–water partition coefficient (Wildman–Crippen LogP) is 2.05. The first-order valence-electron chi connectivity index (χ1n) is 8.12. The van der Waals surface area contributed by atoms with Gasteiger partial charge in [0.05, 0.1) is 0 Å². The van der Waals surface area contributed by atoms with Crippen LogP contribution in [0.25, 0.3) is 0 Å². The molecule has 1 saturated heterocycles. The maximum absolute atomic E-state index is 12.0. The van der Waals surface area contributed by atoms with Gasteiger partial charge in [0.1, 0.15) is 12.4 Å². The molecule has 0 spiro atoms. The van der Waals surface area contributed by atoms with Gasteiger partial charge in [0.15, 0.2) is 0 Å². The Kier molecular flexibility index (Phi) is 12.7. The molecule has 7 heteroatoms. The zero-order valence-corrected chi connectivity index (χ0v) is 15.9. The molecule has 2 rings (SSSR count). The minimum Gasteiger partial charge on any atom is -0.492 e. The van der Waals surface area contributed by atoms with Crippen LogP contribution in [0.1, 0.15) is 12.8 Å². The van der Waals surface area contributed by atoms with E-state index in [2.05, 4.69) is 10.2 Å². The van der Waals surface area contributed by atoms with Crippen LogP contribution in [0.5, 0.6) is 5.75 Å². The van der Waals surface area contributed by atoms with Crippen LogP contribution in [0.3, 0.4) is 0 Å². The summed E-state index contributed by atoms with van der Waals surface area (Å²) in [4.78, 5) is 16.4. The van der Waals surface area contributed by atoms with Gasteiger partial charge in [-0.25, -0.2) is 0 Å². The SMILES string of the molecule is CNCCCC(=O)N1CCN(CCOc2ccccc2)CC1.Cl.Cl. The van der Waals surface area contributed by atoms with Crippen molar-refractivity contribution in [1.29, 1.82) is 0 Å². The molecular weight excluding hydrogens is 349 g/mol. The molecule has 0 saturated carbocycles. The minimum absolute atomic E-state index is 0. The summed E-state index contributed by atoms with van der Waals surface area (Å²) in [5.74, 6) is 1.20. The topological polar surface area (TPSA) is 44.8 Å². The van der Waals surface area contributed by atoms with Crippen molar-refractivity contribution in [2.75, 3.05) is 52.9 Å². The molecule has 0 atom stereocenters. The van der Waals surface area contributed by atoms with Crippen molar-refractivity contribution in [3.8, 4) is 5.75 Å². The standard InChI is InChI=1S/C17H27N3O2.2ClH/c1-18-9-5-8-17(21)20-12-10-19(11-13-20)14-15-22-16-6-3-2-4-7-16;;/h2-4,6-7,18H,5,8-15H2,1H3;2*1H. The first-order valence-corrected chi connectivity index (χ1v) is 8.12. The quantitative estimate of drug-likeness (QED) is 0.704. The number of piperazine rings is 1. The van der Waals surface area contributed by atoms with E-state index in [1.54, 1.807) is 0 Å². The number of ether oxygens (including phenoxy) is 1. The van der Waals surface area contributed by atoms with Crippen molar-refractivity contribution in [3.05, 3.63) is 30.3 Å². The van der Waals surface area contributed by atoms with Crippen molar-refractivity contribution in [1.82, 2.24) is 15.1 Å². The number of nitrogens with zero attached hydrogens (tertiary/aromatic N) is 2. The molecule has 0 bridgehead atoms. The van der Waals surface area contributed by atoms with Crippen LogP contribution in [0.15, 0.2) is 30.3 Å². The number of amides is 1.